The van der Waals surface area contributed by atoms with Crippen molar-refractivity contribution in [3.05, 3.63) is 33.8 Å². The number of rotatable bonds is 4. The number of carbonyl (C=O) groups excluding carboxylic acids is 1. The molecular formula is C11H12Cl2N2O2. The summed E-state index contributed by atoms with van der Waals surface area (Å²) in [6, 6.07) is 4.84. The van der Waals surface area contributed by atoms with E-state index in [-0.39, 0.29) is 6.61 Å². The third kappa shape index (κ3) is 3.61. The summed E-state index contributed by atoms with van der Waals surface area (Å²) < 4.78 is 4.92. The fraction of sp³-hybridized carbons (Fsp3) is 0.273. The molecule has 0 amide bonds. The molecule has 0 aliphatic heterocycles. The van der Waals surface area contributed by atoms with E-state index in [1.54, 1.807) is 25.1 Å². The average Bonchev–Trinajstić information content (AvgIpc) is 2.27. The quantitative estimate of drug-likeness (QED) is 0.397. The first-order valence-corrected chi connectivity index (χ1v) is 5.70. The Hall–Kier alpha value is -1.26. The van der Waals surface area contributed by atoms with E-state index in [1.165, 1.54) is 6.21 Å². The van der Waals surface area contributed by atoms with Crippen LogP contribution >= 0.6 is 23.2 Å². The molecule has 0 saturated heterocycles. The molecule has 0 aliphatic carbocycles. The molecule has 0 bridgehead atoms. The predicted molar refractivity (Wildman–Crippen MR) is 68.5 cm³/mol. The maximum Gasteiger partial charge on any atom is 0.319 e. The van der Waals surface area contributed by atoms with Gasteiger partial charge in [0, 0.05) is 16.3 Å². The van der Waals surface area contributed by atoms with Crippen molar-refractivity contribution in [3.8, 4) is 0 Å². The molecule has 1 rings (SSSR count). The first-order valence-electron chi connectivity index (χ1n) is 4.95. The summed E-state index contributed by atoms with van der Waals surface area (Å²) in [5.74, 6) is 3.90. The van der Waals surface area contributed by atoms with Crippen LogP contribution in [0.15, 0.2) is 23.3 Å². The monoisotopic (exact) mass is 274 g/mol. The van der Waals surface area contributed by atoms with E-state index in [4.69, 9.17) is 33.8 Å². The van der Waals surface area contributed by atoms with Crippen LogP contribution in [0.5, 0.6) is 0 Å². The van der Waals surface area contributed by atoms with E-state index in [9.17, 15) is 4.79 Å². The highest BCUT2D eigenvalue weighted by molar-refractivity contribution is 6.35. The minimum Gasteiger partial charge on any atom is -0.465 e. The number of nitrogens with two attached hydrogens (primary N) is 1. The Bertz CT molecular complexity index is 435. The van der Waals surface area contributed by atoms with Crippen LogP contribution in [0.25, 0.3) is 0 Å². The maximum absolute atomic E-state index is 11.7. The van der Waals surface area contributed by atoms with Crippen LogP contribution in [0.2, 0.25) is 10.0 Å². The number of hydrogen-bond donors (Lipinski definition) is 1. The van der Waals surface area contributed by atoms with Crippen molar-refractivity contribution in [2.75, 3.05) is 6.61 Å². The van der Waals surface area contributed by atoms with Crippen LogP contribution in [0.3, 0.4) is 0 Å². The molecule has 1 aromatic rings. The predicted octanol–water partition coefficient (Wildman–Crippen LogP) is 2.58. The zero-order valence-electron chi connectivity index (χ0n) is 9.19. The van der Waals surface area contributed by atoms with Gasteiger partial charge in [-0.3, -0.25) is 4.79 Å². The van der Waals surface area contributed by atoms with E-state index in [0.29, 0.717) is 15.6 Å². The molecule has 4 nitrogen and oxygen atoms in total. The number of carbonyl (C=O) groups is 1. The second-order valence-electron chi connectivity index (χ2n) is 3.19. The lowest BCUT2D eigenvalue weighted by Crippen LogP contribution is -2.18. The molecule has 0 fully saturated rings. The zero-order valence-corrected chi connectivity index (χ0v) is 10.7. The number of hydrogen-bond acceptors (Lipinski definition) is 4. The molecule has 2 N–H and O–H groups in total. The van der Waals surface area contributed by atoms with Crippen molar-refractivity contribution in [1.29, 1.82) is 0 Å². The van der Waals surface area contributed by atoms with Crippen molar-refractivity contribution in [1.82, 2.24) is 0 Å². The lowest BCUT2D eigenvalue weighted by atomic mass is 10.0. The van der Waals surface area contributed by atoms with Crippen molar-refractivity contribution in [3.63, 3.8) is 0 Å². The van der Waals surface area contributed by atoms with Gasteiger partial charge in [-0.25, -0.2) is 0 Å². The van der Waals surface area contributed by atoms with Gasteiger partial charge < -0.3 is 10.6 Å². The molecule has 1 unspecified atom stereocenters. The van der Waals surface area contributed by atoms with E-state index < -0.39 is 11.9 Å². The molecule has 0 heterocycles. The van der Waals surface area contributed by atoms with Gasteiger partial charge in [0.2, 0.25) is 0 Å². The fourth-order valence-electron chi connectivity index (χ4n) is 1.34. The number of hydrazone groups is 1. The first kappa shape index (κ1) is 13.8. The summed E-state index contributed by atoms with van der Waals surface area (Å²) in [7, 11) is 0. The molecule has 0 aliphatic rings. The van der Waals surface area contributed by atoms with Crippen LogP contribution in [0, 0.1) is 0 Å². The molecule has 0 spiro atoms. The molecule has 17 heavy (non-hydrogen) atoms. The largest absolute Gasteiger partial charge is 0.465 e. The number of ether oxygens (including phenoxy) is 1. The number of halogens is 2. The van der Waals surface area contributed by atoms with E-state index in [1.807, 2.05) is 0 Å². The molecular weight excluding hydrogens is 263 g/mol. The van der Waals surface area contributed by atoms with Gasteiger partial charge in [-0.2, -0.15) is 5.10 Å². The molecule has 1 atom stereocenters. The maximum atomic E-state index is 11.7. The van der Waals surface area contributed by atoms with E-state index in [2.05, 4.69) is 5.10 Å². The summed E-state index contributed by atoms with van der Waals surface area (Å²) in [5.41, 5.74) is 0.559. The third-order valence-corrected chi connectivity index (χ3v) is 2.64. The molecule has 0 radical (unpaired) electrons. The van der Waals surface area contributed by atoms with Gasteiger partial charge in [-0.15, -0.1) is 0 Å². The van der Waals surface area contributed by atoms with Gasteiger partial charge in [0.25, 0.3) is 0 Å². The first-order chi connectivity index (χ1) is 8.10. The van der Waals surface area contributed by atoms with Crippen molar-refractivity contribution >= 4 is 35.4 Å². The Balaban J connectivity index is 3.09. The lowest BCUT2D eigenvalue weighted by molar-refractivity contribution is -0.143. The van der Waals surface area contributed by atoms with E-state index >= 15 is 0 Å². The smallest absolute Gasteiger partial charge is 0.319 e. The average molecular weight is 275 g/mol. The van der Waals surface area contributed by atoms with Crippen LogP contribution in [-0.4, -0.2) is 18.8 Å². The molecule has 1 aromatic carbocycles. The van der Waals surface area contributed by atoms with Crippen LogP contribution in [-0.2, 0) is 9.53 Å². The van der Waals surface area contributed by atoms with Gasteiger partial charge in [0.1, 0.15) is 5.92 Å². The topological polar surface area (TPSA) is 64.7 Å². The standard InChI is InChI=1S/C11H12Cl2N2O2/c1-2-17-11(16)9(6-15-14)8-4-3-7(12)5-10(8)13/h3-6,9H,2,14H2,1H3. The number of nitrogens with zero attached hydrogens (tertiary/aromatic N) is 1. The lowest BCUT2D eigenvalue weighted by Gasteiger charge is -2.12. The Morgan fingerprint density at radius 1 is 1.59 bits per heavy atom. The van der Waals surface area contributed by atoms with Crippen LogP contribution in [0.4, 0.5) is 0 Å². The highest BCUT2D eigenvalue weighted by Crippen LogP contribution is 2.27. The fourth-order valence-corrected chi connectivity index (χ4v) is 1.87. The Morgan fingerprint density at radius 2 is 2.29 bits per heavy atom. The minimum atomic E-state index is -0.718. The zero-order chi connectivity index (χ0) is 12.8. The minimum absolute atomic E-state index is 0.277. The summed E-state index contributed by atoms with van der Waals surface area (Å²) in [5, 5.41) is 4.22. The third-order valence-electron chi connectivity index (χ3n) is 2.07. The Morgan fingerprint density at radius 3 is 2.82 bits per heavy atom. The molecule has 92 valence electrons. The second-order valence-corrected chi connectivity index (χ2v) is 4.04. The van der Waals surface area contributed by atoms with Gasteiger partial charge in [-0.1, -0.05) is 29.3 Å². The summed E-state index contributed by atoms with van der Waals surface area (Å²) in [6.07, 6.45) is 1.28. The van der Waals surface area contributed by atoms with Crippen molar-refractivity contribution in [2.24, 2.45) is 10.9 Å². The van der Waals surface area contributed by atoms with Crippen molar-refractivity contribution < 1.29 is 9.53 Å². The van der Waals surface area contributed by atoms with Gasteiger partial charge in [0.15, 0.2) is 0 Å². The summed E-state index contributed by atoms with van der Waals surface area (Å²) in [6.45, 7) is 2.00. The highest BCUT2D eigenvalue weighted by atomic mass is 35.5. The molecule has 0 saturated carbocycles. The molecule has 0 aromatic heterocycles. The highest BCUT2D eigenvalue weighted by Gasteiger charge is 2.22. The molecule has 6 heteroatoms. The van der Waals surface area contributed by atoms with Crippen LogP contribution in [0.1, 0.15) is 18.4 Å². The number of benzene rings is 1. The second kappa shape index (κ2) is 6.47. The Labute approximate surface area is 109 Å². The van der Waals surface area contributed by atoms with Gasteiger partial charge >= 0.3 is 5.97 Å². The van der Waals surface area contributed by atoms with Gasteiger partial charge in [0.05, 0.1) is 6.61 Å². The van der Waals surface area contributed by atoms with Crippen molar-refractivity contribution in [2.45, 2.75) is 12.8 Å². The SMILES string of the molecule is CCOC(=O)C(C=NN)c1ccc(Cl)cc1Cl. The van der Waals surface area contributed by atoms with Gasteiger partial charge in [-0.05, 0) is 24.6 Å². The normalized spacial score (nSPS) is 12.6. The van der Waals surface area contributed by atoms with Crippen LogP contribution < -0.4 is 5.84 Å². The summed E-state index contributed by atoms with van der Waals surface area (Å²) in [4.78, 5) is 11.7. The number of esters is 1. The van der Waals surface area contributed by atoms with E-state index in [0.717, 1.165) is 0 Å². The summed E-state index contributed by atoms with van der Waals surface area (Å²) >= 11 is 11.8. The Kier molecular flexibility index (Phi) is 5.25.